The maximum atomic E-state index is 13.4. The van der Waals surface area contributed by atoms with Crippen LogP contribution in [-0.4, -0.2) is 64.2 Å². The smallest absolute Gasteiger partial charge is 0.231 e. The van der Waals surface area contributed by atoms with Crippen LogP contribution in [0.1, 0.15) is 25.7 Å². The molecule has 1 saturated carbocycles. The van der Waals surface area contributed by atoms with E-state index in [2.05, 4.69) is 15.1 Å². The van der Waals surface area contributed by atoms with Crippen molar-refractivity contribution < 1.29 is 9.18 Å². The van der Waals surface area contributed by atoms with Gasteiger partial charge in [-0.05, 0) is 37.1 Å². The van der Waals surface area contributed by atoms with Gasteiger partial charge in [-0.15, -0.1) is 5.10 Å². The number of anilines is 2. The molecule has 1 aromatic carbocycles. The molecule has 2 aliphatic rings. The fourth-order valence-corrected chi connectivity index (χ4v) is 5.34. The molecule has 0 bridgehead atoms. The molecule has 5 rings (SSSR count). The number of nitrogens with zero attached hydrogens (tertiary/aromatic N) is 5. The molecule has 10 heteroatoms. The molecule has 0 unspecified atom stereocenters. The Morgan fingerprint density at radius 3 is 2.55 bits per heavy atom. The van der Waals surface area contributed by atoms with Gasteiger partial charge in [0, 0.05) is 37.8 Å². The highest BCUT2D eigenvalue weighted by Crippen LogP contribution is 2.35. The van der Waals surface area contributed by atoms with E-state index in [-0.39, 0.29) is 11.7 Å². The van der Waals surface area contributed by atoms with Crippen molar-refractivity contribution in [1.82, 2.24) is 19.5 Å². The molecule has 8 nitrogen and oxygen atoms in total. The van der Waals surface area contributed by atoms with Crippen molar-refractivity contribution in [3.63, 3.8) is 0 Å². The summed E-state index contributed by atoms with van der Waals surface area (Å²) in [6, 6.07) is 6.86. The van der Waals surface area contributed by atoms with Gasteiger partial charge in [0.25, 0.3) is 0 Å². The van der Waals surface area contributed by atoms with Gasteiger partial charge in [-0.3, -0.25) is 9.69 Å². The third-order valence-electron chi connectivity index (χ3n) is 6.03. The lowest BCUT2D eigenvalue weighted by molar-refractivity contribution is -0.119. The lowest BCUT2D eigenvalue weighted by atomic mass is 10.1. The Bertz CT molecular complexity index is 1070. The Balaban J connectivity index is 1.43. The first-order valence-electron chi connectivity index (χ1n) is 10.7. The monoisotopic (exact) mass is 443 g/mol. The molecular formula is C21H26FN7OS. The van der Waals surface area contributed by atoms with Crippen molar-refractivity contribution >= 4 is 33.2 Å². The summed E-state index contributed by atoms with van der Waals surface area (Å²) in [6.07, 6.45) is 4.72. The summed E-state index contributed by atoms with van der Waals surface area (Å²) in [5, 5.41) is 9.46. The average Bonchev–Trinajstić information content (AvgIpc) is 3.47. The van der Waals surface area contributed by atoms with Crippen LogP contribution in [0, 0.1) is 5.82 Å². The molecule has 1 aliphatic heterocycles. The Labute approximate surface area is 183 Å². The van der Waals surface area contributed by atoms with Crippen LogP contribution in [0.2, 0.25) is 0 Å². The summed E-state index contributed by atoms with van der Waals surface area (Å²) in [6.45, 7) is 3.43. The van der Waals surface area contributed by atoms with Crippen molar-refractivity contribution in [2.45, 2.75) is 31.7 Å². The number of fused-ring (bicyclic) bond motifs is 1. The summed E-state index contributed by atoms with van der Waals surface area (Å²) >= 11 is 1.55. The number of carbonyl (C=O) groups is 1. The van der Waals surface area contributed by atoms with Crippen LogP contribution in [0.4, 0.5) is 15.3 Å². The predicted molar refractivity (Wildman–Crippen MR) is 120 cm³/mol. The summed E-state index contributed by atoms with van der Waals surface area (Å²) < 4.78 is 15.3. The highest BCUT2D eigenvalue weighted by molar-refractivity contribution is 7.20. The van der Waals surface area contributed by atoms with E-state index < -0.39 is 0 Å². The quantitative estimate of drug-likeness (QED) is 0.608. The van der Waals surface area contributed by atoms with Crippen molar-refractivity contribution in [2.24, 2.45) is 5.73 Å². The SMILES string of the molecule is NC(=O)CN1CCN(c2nn3c(NC4CCCC4)c(-c4ccc(F)cc4)nc3s2)CC1. The highest BCUT2D eigenvalue weighted by Gasteiger charge is 2.25. The van der Waals surface area contributed by atoms with Gasteiger partial charge in [0.15, 0.2) is 5.82 Å². The number of nitrogens with one attached hydrogen (secondary N) is 1. The van der Waals surface area contributed by atoms with E-state index in [4.69, 9.17) is 15.8 Å². The predicted octanol–water partition coefficient (Wildman–Crippen LogP) is 2.56. The van der Waals surface area contributed by atoms with Crippen LogP contribution in [0.5, 0.6) is 0 Å². The van der Waals surface area contributed by atoms with Gasteiger partial charge in [-0.1, -0.05) is 24.2 Å². The largest absolute Gasteiger partial charge is 0.369 e. The highest BCUT2D eigenvalue weighted by atomic mass is 32.1. The third kappa shape index (κ3) is 4.22. The lowest BCUT2D eigenvalue weighted by Crippen LogP contribution is -2.48. The van der Waals surface area contributed by atoms with E-state index in [1.807, 2.05) is 4.52 Å². The Hall–Kier alpha value is -2.72. The molecule has 1 saturated heterocycles. The first-order valence-corrected chi connectivity index (χ1v) is 11.6. The molecule has 0 atom stereocenters. The lowest BCUT2D eigenvalue weighted by Gasteiger charge is -2.33. The fourth-order valence-electron chi connectivity index (χ4n) is 4.39. The maximum absolute atomic E-state index is 13.4. The van der Waals surface area contributed by atoms with Gasteiger partial charge in [-0.2, -0.15) is 4.52 Å². The van der Waals surface area contributed by atoms with Crippen molar-refractivity contribution in [1.29, 1.82) is 0 Å². The summed E-state index contributed by atoms with van der Waals surface area (Å²) in [5.41, 5.74) is 7.00. The molecule has 0 spiro atoms. The number of hydrogen-bond acceptors (Lipinski definition) is 7. The summed E-state index contributed by atoms with van der Waals surface area (Å²) in [7, 11) is 0. The first-order chi connectivity index (χ1) is 15.1. The number of rotatable bonds is 6. The minimum atomic E-state index is -0.294. The average molecular weight is 444 g/mol. The molecule has 3 heterocycles. The summed E-state index contributed by atoms with van der Waals surface area (Å²) in [5.74, 6) is 0.325. The molecule has 1 amide bonds. The van der Waals surface area contributed by atoms with Crippen LogP contribution in [0.25, 0.3) is 16.2 Å². The number of aromatic nitrogens is 3. The molecule has 3 N–H and O–H groups in total. The molecule has 1 aliphatic carbocycles. The van der Waals surface area contributed by atoms with Gasteiger partial charge in [0.1, 0.15) is 11.5 Å². The number of piperazine rings is 1. The third-order valence-corrected chi connectivity index (χ3v) is 7.00. The number of benzene rings is 1. The van der Waals surface area contributed by atoms with Crippen molar-refractivity contribution in [3.05, 3.63) is 30.1 Å². The summed E-state index contributed by atoms with van der Waals surface area (Å²) in [4.78, 5) is 21.1. The Kier molecular flexibility index (Phi) is 5.49. The number of hydrogen-bond donors (Lipinski definition) is 2. The topological polar surface area (TPSA) is 91.8 Å². The maximum Gasteiger partial charge on any atom is 0.231 e. The number of amides is 1. The Morgan fingerprint density at radius 2 is 1.87 bits per heavy atom. The van der Waals surface area contributed by atoms with Crippen LogP contribution >= 0.6 is 11.3 Å². The van der Waals surface area contributed by atoms with Crippen molar-refractivity contribution in [2.75, 3.05) is 42.9 Å². The molecular weight excluding hydrogens is 417 g/mol. The zero-order chi connectivity index (χ0) is 21.4. The molecule has 2 aromatic heterocycles. The second kappa shape index (κ2) is 8.43. The van der Waals surface area contributed by atoms with Gasteiger partial charge >= 0.3 is 0 Å². The number of halogens is 1. The molecule has 0 radical (unpaired) electrons. The molecule has 3 aromatic rings. The first kappa shape index (κ1) is 20.2. The Morgan fingerprint density at radius 1 is 1.16 bits per heavy atom. The van der Waals surface area contributed by atoms with Crippen LogP contribution < -0.4 is 16.0 Å². The standard InChI is InChI=1S/C21H26FN7OS/c22-15-7-5-14(6-8-15)18-19(24-16-3-1-2-4-16)29-20(25-18)31-21(26-29)28-11-9-27(10-12-28)13-17(23)30/h5-8,16,24H,1-4,9-13H2,(H2,23,30). The van der Waals surface area contributed by atoms with E-state index >= 15 is 0 Å². The second-order valence-electron chi connectivity index (χ2n) is 8.25. The van der Waals surface area contributed by atoms with Crippen LogP contribution in [0.15, 0.2) is 24.3 Å². The van der Waals surface area contributed by atoms with Crippen LogP contribution in [-0.2, 0) is 4.79 Å². The molecule has 31 heavy (non-hydrogen) atoms. The number of nitrogens with two attached hydrogens (primary N) is 1. The zero-order valence-corrected chi connectivity index (χ0v) is 18.1. The van der Waals surface area contributed by atoms with Crippen molar-refractivity contribution in [3.8, 4) is 11.3 Å². The van der Waals surface area contributed by atoms with Gasteiger partial charge in [-0.25, -0.2) is 9.37 Å². The van der Waals surface area contributed by atoms with Gasteiger partial charge in [0.05, 0.1) is 6.54 Å². The van der Waals surface area contributed by atoms with E-state index in [9.17, 15) is 9.18 Å². The molecule has 2 fully saturated rings. The second-order valence-corrected chi connectivity index (χ2v) is 9.18. The zero-order valence-electron chi connectivity index (χ0n) is 17.3. The van der Waals surface area contributed by atoms with E-state index in [1.54, 1.807) is 23.5 Å². The van der Waals surface area contributed by atoms with E-state index in [1.165, 1.54) is 25.0 Å². The molecule has 164 valence electrons. The number of carbonyl (C=O) groups excluding carboxylic acids is 1. The number of imidazole rings is 1. The fraction of sp³-hybridized carbons (Fsp3) is 0.476. The van der Waals surface area contributed by atoms with E-state index in [0.29, 0.717) is 12.6 Å². The number of primary amides is 1. The minimum absolute atomic E-state index is 0.258. The van der Waals surface area contributed by atoms with Gasteiger partial charge < -0.3 is 16.0 Å². The van der Waals surface area contributed by atoms with E-state index in [0.717, 1.165) is 66.2 Å². The van der Waals surface area contributed by atoms with Gasteiger partial charge in [0.2, 0.25) is 16.0 Å². The normalized spacial score (nSPS) is 18.2. The van der Waals surface area contributed by atoms with Crippen LogP contribution in [0.3, 0.4) is 0 Å². The minimum Gasteiger partial charge on any atom is -0.369 e.